The molecule has 0 saturated carbocycles. The quantitative estimate of drug-likeness (QED) is 0.899. The second kappa shape index (κ2) is 4.99. The first-order valence-corrected chi connectivity index (χ1v) is 6.23. The van der Waals surface area contributed by atoms with E-state index in [9.17, 15) is 0 Å². The second-order valence-corrected chi connectivity index (χ2v) is 4.75. The molecule has 0 spiro atoms. The Morgan fingerprint density at radius 2 is 2.00 bits per heavy atom. The van der Waals surface area contributed by atoms with Gasteiger partial charge in [-0.1, -0.05) is 22.0 Å². The van der Waals surface area contributed by atoms with Gasteiger partial charge in [0.25, 0.3) is 0 Å². The van der Waals surface area contributed by atoms with E-state index in [2.05, 4.69) is 44.9 Å². The van der Waals surface area contributed by atoms with Gasteiger partial charge in [-0.25, -0.2) is 0 Å². The van der Waals surface area contributed by atoms with Crippen LogP contribution in [-0.2, 0) is 13.0 Å². The second-order valence-electron chi connectivity index (χ2n) is 3.84. The minimum Gasteiger partial charge on any atom is -0.346 e. The van der Waals surface area contributed by atoms with Crippen molar-refractivity contribution < 1.29 is 0 Å². The molecule has 0 aliphatic rings. The lowest BCUT2D eigenvalue weighted by Gasteiger charge is -2.02. The fraction of sp³-hybridized carbons (Fsp3) is 0.333. The Hall–Kier alpha value is -0.840. The number of fused-ring (bicyclic) bond motifs is 1. The van der Waals surface area contributed by atoms with Crippen molar-refractivity contribution >= 4 is 26.8 Å². The monoisotopic (exact) mass is 281 g/mol. The molecular weight excluding hydrogens is 266 g/mol. The first-order chi connectivity index (χ1) is 7.76. The minimum atomic E-state index is 0.651. The maximum absolute atomic E-state index is 5.62. The number of aromatic nitrogens is 1. The number of rotatable bonds is 4. The van der Waals surface area contributed by atoms with Gasteiger partial charge in [-0.15, -0.1) is 0 Å². The molecule has 0 amide bonds. The van der Waals surface area contributed by atoms with Crippen molar-refractivity contribution in [3.63, 3.8) is 0 Å². The average molecular weight is 282 g/mol. The highest BCUT2D eigenvalue weighted by Crippen LogP contribution is 2.25. The van der Waals surface area contributed by atoms with Gasteiger partial charge in [0.1, 0.15) is 0 Å². The molecule has 1 aromatic heterocycles. The lowest BCUT2D eigenvalue weighted by atomic mass is 10.1. The summed E-state index contributed by atoms with van der Waals surface area (Å²) in [7, 11) is 0. The molecule has 2 aromatic rings. The largest absolute Gasteiger partial charge is 0.346 e. The summed E-state index contributed by atoms with van der Waals surface area (Å²) in [5, 5.41) is 1.28. The van der Waals surface area contributed by atoms with Gasteiger partial charge in [-0.3, -0.25) is 0 Å². The van der Waals surface area contributed by atoms with Crippen molar-refractivity contribution in [2.24, 2.45) is 11.5 Å². The van der Waals surface area contributed by atoms with Crippen LogP contribution in [0.3, 0.4) is 0 Å². The lowest BCUT2D eigenvalue weighted by Crippen LogP contribution is -2.08. The third-order valence-electron chi connectivity index (χ3n) is 2.71. The van der Waals surface area contributed by atoms with Crippen molar-refractivity contribution in [2.45, 2.75) is 13.0 Å². The molecule has 16 heavy (non-hydrogen) atoms. The van der Waals surface area contributed by atoms with Gasteiger partial charge in [-0.2, -0.15) is 0 Å². The molecule has 0 radical (unpaired) electrons. The standard InChI is InChI=1S/C12H16BrN3/c13-10-1-2-11-9(3-4-14)8-16(6-5-15)12(11)7-10/h1-2,7-8H,3-6,14-15H2. The lowest BCUT2D eigenvalue weighted by molar-refractivity contribution is 0.731. The molecule has 0 aliphatic carbocycles. The van der Waals surface area contributed by atoms with Gasteiger partial charge in [0.15, 0.2) is 0 Å². The van der Waals surface area contributed by atoms with Crippen molar-refractivity contribution in [3.05, 3.63) is 34.4 Å². The fourth-order valence-corrected chi connectivity index (χ4v) is 2.37. The average Bonchev–Trinajstić information content (AvgIpc) is 2.58. The Morgan fingerprint density at radius 3 is 2.69 bits per heavy atom. The Labute approximate surface area is 104 Å². The van der Waals surface area contributed by atoms with E-state index in [1.54, 1.807) is 0 Å². The van der Waals surface area contributed by atoms with E-state index >= 15 is 0 Å². The van der Waals surface area contributed by atoms with E-state index in [4.69, 9.17) is 11.5 Å². The summed E-state index contributed by atoms with van der Waals surface area (Å²) >= 11 is 3.50. The molecule has 0 aliphatic heterocycles. The first-order valence-electron chi connectivity index (χ1n) is 5.43. The third kappa shape index (κ3) is 2.14. The molecule has 0 atom stereocenters. The summed E-state index contributed by atoms with van der Waals surface area (Å²) in [5.74, 6) is 0. The number of hydrogen-bond acceptors (Lipinski definition) is 2. The maximum Gasteiger partial charge on any atom is 0.0494 e. The van der Waals surface area contributed by atoms with Gasteiger partial charge in [0.2, 0.25) is 0 Å². The van der Waals surface area contributed by atoms with Crippen LogP contribution >= 0.6 is 15.9 Å². The molecule has 3 nitrogen and oxygen atoms in total. The van der Waals surface area contributed by atoms with Gasteiger partial charge in [0, 0.05) is 34.7 Å². The van der Waals surface area contributed by atoms with Gasteiger partial charge in [-0.05, 0) is 30.7 Å². The highest BCUT2D eigenvalue weighted by Gasteiger charge is 2.07. The molecule has 1 aromatic carbocycles. The topological polar surface area (TPSA) is 57.0 Å². The Kier molecular flexibility index (Phi) is 3.63. The van der Waals surface area contributed by atoms with Crippen molar-refractivity contribution in [1.82, 2.24) is 4.57 Å². The van der Waals surface area contributed by atoms with E-state index in [1.807, 2.05) is 0 Å². The molecule has 2 rings (SSSR count). The SMILES string of the molecule is NCCc1cn(CCN)c2cc(Br)ccc12. The summed E-state index contributed by atoms with van der Waals surface area (Å²) in [5.41, 5.74) is 13.8. The molecule has 0 bridgehead atoms. The van der Waals surface area contributed by atoms with E-state index < -0.39 is 0 Å². The molecule has 4 heteroatoms. The van der Waals surface area contributed by atoms with E-state index in [0.717, 1.165) is 17.4 Å². The highest BCUT2D eigenvalue weighted by molar-refractivity contribution is 9.10. The molecular formula is C12H16BrN3. The summed E-state index contributed by atoms with van der Waals surface area (Å²) in [4.78, 5) is 0. The van der Waals surface area contributed by atoms with Crippen LogP contribution in [0, 0.1) is 0 Å². The van der Waals surface area contributed by atoms with Gasteiger partial charge < -0.3 is 16.0 Å². The van der Waals surface area contributed by atoms with Crippen LogP contribution in [0.4, 0.5) is 0 Å². The van der Waals surface area contributed by atoms with E-state index in [1.165, 1.54) is 16.5 Å². The van der Waals surface area contributed by atoms with Crippen LogP contribution in [0.25, 0.3) is 10.9 Å². The van der Waals surface area contributed by atoms with Crippen LogP contribution in [0.2, 0.25) is 0 Å². The maximum atomic E-state index is 5.62. The number of nitrogens with two attached hydrogens (primary N) is 2. The molecule has 0 fully saturated rings. The van der Waals surface area contributed by atoms with Crippen LogP contribution in [0.1, 0.15) is 5.56 Å². The summed E-state index contributed by atoms with van der Waals surface area (Å²) in [6.07, 6.45) is 3.08. The Balaban J connectivity index is 2.56. The smallest absolute Gasteiger partial charge is 0.0494 e. The fourth-order valence-electron chi connectivity index (χ4n) is 2.02. The summed E-state index contributed by atoms with van der Waals surface area (Å²) in [6.45, 7) is 2.17. The molecule has 0 unspecified atom stereocenters. The third-order valence-corrected chi connectivity index (χ3v) is 3.20. The molecule has 0 saturated heterocycles. The van der Waals surface area contributed by atoms with Crippen LogP contribution < -0.4 is 11.5 Å². The van der Waals surface area contributed by atoms with E-state index in [0.29, 0.717) is 13.1 Å². The Bertz CT molecular complexity index is 490. The number of halogens is 1. The minimum absolute atomic E-state index is 0.651. The highest BCUT2D eigenvalue weighted by atomic mass is 79.9. The summed E-state index contributed by atoms with van der Waals surface area (Å²) in [6, 6.07) is 6.33. The zero-order chi connectivity index (χ0) is 11.5. The normalized spacial score (nSPS) is 11.2. The van der Waals surface area contributed by atoms with Crippen LogP contribution in [0.15, 0.2) is 28.9 Å². The van der Waals surface area contributed by atoms with Crippen molar-refractivity contribution in [1.29, 1.82) is 0 Å². The van der Waals surface area contributed by atoms with Crippen LogP contribution in [-0.4, -0.2) is 17.7 Å². The molecule has 86 valence electrons. The van der Waals surface area contributed by atoms with E-state index in [-0.39, 0.29) is 0 Å². The van der Waals surface area contributed by atoms with Gasteiger partial charge in [0.05, 0.1) is 0 Å². The number of nitrogens with zero attached hydrogens (tertiary/aromatic N) is 1. The number of hydrogen-bond donors (Lipinski definition) is 2. The van der Waals surface area contributed by atoms with Gasteiger partial charge >= 0.3 is 0 Å². The zero-order valence-electron chi connectivity index (χ0n) is 9.12. The predicted molar refractivity (Wildman–Crippen MR) is 71.5 cm³/mol. The molecule has 1 heterocycles. The first kappa shape index (κ1) is 11.6. The van der Waals surface area contributed by atoms with Crippen molar-refractivity contribution in [3.8, 4) is 0 Å². The van der Waals surface area contributed by atoms with Crippen LogP contribution in [0.5, 0.6) is 0 Å². The number of benzene rings is 1. The summed E-state index contributed by atoms with van der Waals surface area (Å²) < 4.78 is 3.29. The predicted octanol–water partition coefficient (Wildman–Crippen LogP) is 1.86. The Morgan fingerprint density at radius 1 is 1.19 bits per heavy atom. The zero-order valence-corrected chi connectivity index (χ0v) is 10.7. The van der Waals surface area contributed by atoms with Crippen molar-refractivity contribution in [2.75, 3.05) is 13.1 Å². The molecule has 4 N–H and O–H groups in total.